The molecule has 8 nitrogen and oxygen atoms in total. The Morgan fingerprint density at radius 3 is 2.80 bits per heavy atom. The van der Waals surface area contributed by atoms with E-state index in [1.54, 1.807) is 11.4 Å². The number of carbonyl (C=O) groups is 2. The molecule has 140 valence electrons. The highest BCUT2D eigenvalue weighted by Crippen LogP contribution is 2.25. The van der Waals surface area contributed by atoms with Gasteiger partial charge in [-0.25, -0.2) is 8.42 Å². The molecule has 25 heavy (non-hydrogen) atoms. The summed E-state index contributed by atoms with van der Waals surface area (Å²) in [7, 11) is -3.68. The molecule has 0 bridgehead atoms. The van der Waals surface area contributed by atoms with Crippen LogP contribution < -0.4 is 10.6 Å². The van der Waals surface area contributed by atoms with Gasteiger partial charge in [-0.3, -0.25) is 9.59 Å². The van der Waals surface area contributed by atoms with Gasteiger partial charge in [-0.2, -0.15) is 4.31 Å². The van der Waals surface area contributed by atoms with Crippen molar-refractivity contribution in [2.45, 2.75) is 36.6 Å². The molecule has 1 aromatic heterocycles. The number of hydrogen-bond donors (Lipinski definition) is 2. The lowest BCUT2D eigenvalue weighted by Gasteiger charge is -2.34. The Hall–Kier alpha value is -1.49. The largest absolute Gasteiger partial charge is 0.360 e. The molecule has 0 saturated carbocycles. The molecule has 0 radical (unpaired) electrons. The molecule has 10 heteroatoms. The predicted octanol–water partition coefficient (Wildman–Crippen LogP) is 0.518. The topological polar surface area (TPSA) is 105 Å². The minimum Gasteiger partial charge on any atom is -0.360 e. The van der Waals surface area contributed by atoms with Gasteiger partial charge < -0.3 is 15.4 Å². The van der Waals surface area contributed by atoms with Gasteiger partial charge in [0.05, 0.1) is 13.2 Å². The number of sulfonamides is 1. The van der Waals surface area contributed by atoms with Crippen molar-refractivity contribution >= 4 is 33.2 Å². The van der Waals surface area contributed by atoms with Gasteiger partial charge >= 0.3 is 11.8 Å². The van der Waals surface area contributed by atoms with E-state index in [4.69, 9.17) is 4.74 Å². The average molecular weight is 389 g/mol. The number of hydrogen-bond acceptors (Lipinski definition) is 6. The van der Waals surface area contributed by atoms with Crippen LogP contribution in [0.15, 0.2) is 21.7 Å². The maximum absolute atomic E-state index is 12.7. The van der Waals surface area contributed by atoms with Crippen LogP contribution in [0.25, 0.3) is 0 Å². The molecule has 1 atom stereocenters. The van der Waals surface area contributed by atoms with Crippen molar-refractivity contribution in [3.63, 3.8) is 0 Å². The van der Waals surface area contributed by atoms with Crippen LogP contribution in [0.2, 0.25) is 0 Å². The number of carbonyl (C=O) groups excluding carboxylic acids is 2. The molecule has 2 amide bonds. The van der Waals surface area contributed by atoms with Crippen LogP contribution in [0.5, 0.6) is 0 Å². The second-order valence-corrected chi connectivity index (χ2v) is 8.61. The Labute approximate surface area is 151 Å². The third-order valence-electron chi connectivity index (χ3n) is 3.67. The minimum absolute atomic E-state index is 0.0787. The van der Waals surface area contributed by atoms with E-state index in [0.29, 0.717) is 26.1 Å². The summed E-state index contributed by atoms with van der Waals surface area (Å²) in [5.74, 6) is -1.52. The summed E-state index contributed by atoms with van der Waals surface area (Å²) in [5.41, 5.74) is 0. The third-order valence-corrected chi connectivity index (χ3v) is 6.93. The Balaban J connectivity index is 1.95. The van der Waals surface area contributed by atoms with Crippen molar-refractivity contribution in [1.82, 2.24) is 14.9 Å². The number of unbranched alkanes of at least 4 members (excludes halogenated alkanes) is 1. The molecule has 1 fully saturated rings. The van der Waals surface area contributed by atoms with Crippen molar-refractivity contribution in [3.05, 3.63) is 17.5 Å². The first-order chi connectivity index (χ1) is 12.0. The molecular formula is C15H23N3O5S2. The normalized spacial score (nSPS) is 18.7. The van der Waals surface area contributed by atoms with Gasteiger partial charge in [-0.05, 0) is 24.3 Å². The summed E-state index contributed by atoms with van der Waals surface area (Å²) in [4.78, 5) is 23.5. The van der Waals surface area contributed by atoms with Crippen molar-refractivity contribution in [3.8, 4) is 0 Å². The molecular weight excluding hydrogens is 366 g/mol. The van der Waals surface area contributed by atoms with Gasteiger partial charge in [-0.15, -0.1) is 11.3 Å². The fraction of sp³-hybridized carbons (Fsp3) is 0.600. The maximum Gasteiger partial charge on any atom is 0.309 e. The molecule has 1 aliphatic rings. The maximum atomic E-state index is 12.7. The van der Waals surface area contributed by atoms with E-state index in [-0.39, 0.29) is 10.8 Å². The number of nitrogens with one attached hydrogen (secondary N) is 2. The lowest BCUT2D eigenvalue weighted by molar-refractivity contribution is -0.140. The zero-order valence-corrected chi connectivity index (χ0v) is 15.7. The second-order valence-electron chi connectivity index (χ2n) is 5.55. The minimum atomic E-state index is -3.68. The molecule has 2 rings (SSSR count). The summed E-state index contributed by atoms with van der Waals surface area (Å²) >= 11 is 1.13. The van der Waals surface area contributed by atoms with Crippen LogP contribution in [-0.4, -0.2) is 57.0 Å². The van der Waals surface area contributed by atoms with Gasteiger partial charge in [0.2, 0.25) is 0 Å². The van der Waals surface area contributed by atoms with Crippen LogP contribution in [0.1, 0.15) is 26.2 Å². The van der Waals surface area contributed by atoms with E-state index in [2.05, 4.69) is 10.6 Å². The van der Waals surface area contributed by atoms with E-state index < -0.39 is 28.1 Å². The van der Waals surface area contributed by atoms with E-state index in [1.165, 1.54) is 10.4 Å². The summed E-state index contributed by atoms with van der Waals surface area (Å²) in [5, 5.41) is 6.65. The van der Waals surface area contributed by atoms with E-state index >= 15 is 0 Å². The number of amides is 2. The first-order valence-electron chi connectivity index (χ1n) is 8.19. The van der Waals surface area contributed by atoms with E-state index in [0.717, 1.165) is 24.2 Å². The lowest BCUT2D eigenvalue weighted by Crippen LogP contribution is -2.53. The Morgan fingerprint density at radius 2 is 2.12 bits per heavy atom. The van der Waals surface area contributed by atoms with E-state index in [9.17, 15) is 18.0 Å². The van der Waals surface area contributed by atoms with E-state index in [1.807, 2.05) is 6.92 Å². The third kappa shape index (κ3) is 5.24. The summed E-state index contributed by atoms with van der Waals surface area (Å²) in [6.45, 7) is 3.05. The first-order valence-corrected chi connectivity index (χ1v) is 10.5. The van der Waals surface area contributed by atoms with Gasteiger partial charge in [0.15, 0.2) is 0 Å². The highest BCUT2D eigenvalue weighted by atomic mass is 32.2. The fourth-order valence-electron chi connectivity index (χ4n) is 2.35. The molecule has 1 saturated heterocycles. The number of rotatable bonds is 7. The molecule has 2 N–H and O–H groups in total. The molecule has 0 aliphatic carbocycles. The van der Waals surface area contributed by atoms with Gasteiger partial charge in [0.1, 0.15) is 10.4 Å². The SMILES string of the molecule is CCCCNC(=O)C(=O)NCC1OCCCN1S(=O)(=O)c1cccs1. The monoisotopic (exact) mass is 389 g/mol. The number of ether oxygens (including phenoxy) is 1. The predicted molar refractivity (Wildman–Crippen MR) is 93.5 cm³/mol. The van der Waals surface area contributed by atoms with Crippen LogP contribution in [0.3, 0.4) is 0 Å². The van der Waals surface area contributed by atoms with Crippen LogP contribution in [0.4, 0.5) is 0 Å². The molecule has 0 spiro atoms. The second kappa shape index (κ2) is 9.27. The van der Waals surface area contributed by atoms with Crippen LogP contribution in [0, 0.1) is 0 Å². The fourth-order valence-corrected chi connectivity index (χ4v) is 5.03. The Bertz CT molecular complexity index is 675. The molecule has 2 heterocycles. The van der Waals surface area contributed by atoms with Crippen LogP contribution in [-0.2, 0) is 24.3 Å². The van der Waals surface area contributed by atoms with Gasteiger partial charge in [0.25, 0.3) is 10.0 Å². The van der Waals surface area contributed by atoms with Crippen molar-refractivity contribution < 1.29 is 22.7 Å². The molecule has 1 unspecified atom stereocenters. The smallest absolute Gasteiger partial charge is 0.309 e. The highest BCUT2D eigenvalue weighted by Gasteiger charge is 2.35. The molecule has 0 aromatic carbocycles. The zero-order valence-electron chi connectivity index (χ0n) is 14.1. The van der Waals surface area contributed by atoms with Gasteiger partial charge in [-0.1, -0.05) is 19.4 Å². The van der Waals surface area contributed by atoms with Crippen LogP contribution >= 0.6 is 11.3 Å². The number of thiophene rings is 1. The number of nitrogens with zero attached hydrogens (tertiary/aromatic N) is 1. The van der Waals surface area contributed by atoms with Gasteiger partial charge in [0, 0.05) is 13.1 Å². The van der Waals surface area contributed by atoms with Crippen molar-refractivity contribution in [1.29, 1.82) is 0 Å². The molecule has 1 aromatic rings. The Morgan fingerprint density at radius 1 is 1.36 bits per heavy atom. The summed E-state index contributed by atoms with van der Waals surface area (Å²) in [6, 6.07) is 3.20. The first kappa shape index (κ1) is 19.8. The standard InChI is InChI=1S/C15H23N3O5S2/c1-2-3-7-16-14(19)15(20)17-11-12-18(8-5-9-23-12)25(21,22)13-6-4-10-24-13/h4,6,10,12H,2-3,5,7-9,11H2,1H3,(H,16,19)(H,17,20). The molecule has 1 aliphatic heterocycles. The van der Waals surface area contributed by atoms with Crippen molar-refractivity contribution in [2.24, 2.45) is 0 Å². The highest BCUT2D eigenvalue weighted by molar-refractivity contribution is 7.91. The quantitative estimate of drug-likeness (QED) is 0.522. The zero-order chi connectivity index (χ0) is 18.3. The summed E-state index contributed by atoms with van der Waals surface area (Å²) in [6.07, 6.45) is 1.45. The summed E-state index contributed by atoms with van der Waals surface area (Å²) < 4.78 is 32.3. The average Bonchev–Trinajstić information content (AvgIpc) is 3.15. The Kier molecular flexibility index (Phi) is 7.36. The lowest BCUT2D eigenvalue weighted by atomic mass is 10.3. The van der Waals surface area contributed by atoms with Crippen molar-refractivity contribution in [2.75, 3.05) is 26.2 Å².